The highest BCUT2D eigenvalue weighted by Gasteiger charge is 2.32. The monoisotopic (exact) mass is 278 g/mol. The number of aliphatic hydroxyl groups is 2. The fourth-order valence-corrected chi connectivity index (χ4v) is 2.29. The van der Waals surface area contributed by atoms with Gasteiger partial charge in [0.25, 0.3) is 0 Å². The molecule has 3 N–H and O–H groups in total. The molecule has 0 aliphatic heterocycles. The Morgan fingerprint density at radius 1 is 1.32 bits per heavy atom. The Morgan fingerprint density at radius 2 is 1.95 bits per heavy atom. The Labute approximate surface area is 115 Å². The van der Waals surface area contributed by atoms with Gasteiger partial charge in [0.1, 0.15) is 19.2 Å². The quantitative estimate of drug-likeness (QED) is 0.466. The first-order chi connectivity index (χ1) is 8.85. The van der Waals surface area contributed by atoms with Crippen LogP contribution in [0.15, 0.2) is 0 Å². The summed E-state index contributed by atoms with van der Waals surface area (Å²) in [5, 5.41) is 28.2. The van der Waals surface area contributed by atoms with Gasteiger partial charge in [-0.3, -0.25) is 0 Å². The largest absolute Gasteiger partial charge is 0.477 e. The summed E-state index contributed by atoms with van der Waals surface area (Å²) in [5.41, 5.74) is 0. The molecule has 0 spiro atoms. The normalized spacial score (nSPS) is 16.3. The lowest BCUT2D eigenvalue weighted by Crippen LogP contribution is -2.57. The summed E-state index contributed by atoms with van der Waals surface area (Å²) in [6, 6.07) is 0. The molecule has 0 saturated carbocycles. The third kappa shape index (κ3) is 8.15. The number of carboxylic acids is 1. The van der Waals surface area contributed by atoms with E-state index in [2.05, 4.69) is 0 Å². The molecule has 0 fully saturated rings. The second-order valence-electron chi connectivity index (χ2n) is 5.28. The van der Waals surface area contributed by atoms with Crippen LogP contribution in [0.2, 0.25) is 0 Å². The number of carbonyl (C=O) groups is 1. The maximum atomic E-state index is 11.0. The molecule has 6 nitrogen and oxygen atoms in total. The van der Waals surface area contributed by atoms with Gasteiger partial charge in [-0.05, 0) is 20.3 Å². The molecule has 0 amide bonds. The number of quaternary nitrogens is 1. The standard InChI is InChI=1S/C13H27NO5/c1-4-5-14(6-7-15,9-13(17)18)8-12(16)10-19-11(2)3/h11-12,15-16H,4-10H2,1-3H3/p+1. The van der Waals surface area contributed by atoms with Crippen molar-refractivity contribution in [2.24, 2.45) is 0 Å². The van der Waals surface area contributed by atoms with Crippen LogP contribution in [0.5, 0.6) is 0 Å². The minimum Gasteiger partial charge on any atom is -0.477 e. The molecule has 0 aromatic rings. The highest BCUT2D eigenvalue weighted by molar-refractivity contribution is 5.67. The van der Waals surface area contributed by atoms with Gasteiger partial charge in [0.05, 0.1) is 25.9 Å². The molecule has 0 heterocycles. The van der Waals surface area contributed by atoms with Crippen molar-refractivity contribution in [3.8, 4) is 0 Å². The SMILES string of the molecule is CCC[N+](CCO)(CC(=O)O)CC(O)COC(C)C. The fraction of sp³-hybridized carbons (Fsp3) is 0.923. The molecule has 114 valence electrons. The van der Waals surface area contributed by atoms with E-state index in [0.717, 1.165) is 6.42 Å². The first-order valence-electron chi connectivity index (χ1n) is 6.82. The van der Waals surface area contributed by atoms with Crippen LogP contribution >= 0.6 is 0 Å². The second kappa shape index (κ2) is 9.25. The number of nitrogens with zero attached hydrogens (tertiary/aromatic N) is 1. The van der Waals surface area contributed by atoms with Crippen LogP contribution in [0.25, 0.3) is 0 Å². The number of aliphatic hydroxyl groups excluding tert-OH is 2. The van der Waals surface area contributed by atoms with E-state index in [-0.39, 0.29) is 36.9 Å². The zero-order valence-electron chi connectivity index (χ0n) is 12.2. The van der Waals surface area contributed by atoms with E-state index in [4.69, 9.17) is 14.9 Å². The fourth-order valence-electron chi connectivity index (χ4n) is 2.29. The van der Waals surface area contributed by atoms with Gasteiger partial charge in [0.2, 0.25) is 0 Å². The molecule has 2 unspecified atom stereocenters. The van der Waals surface area contributed by atoms with E-state index in [1.807, 2.05) is 20.8 Å². The lowest BCUT2D eigenvalue weighted by Gasteiger charge is -2.38. The number of hydrogen-bond donors (Lipinski definition) is 3. The molecule has 0 rings (SSSR count). The average molecular weight is 278 g/mol. The first kappa shape index (κ1) is 18.3. The minimum absolute atomic E-state index is 0.0278. The van der Waals surface area contributed by atoms with E-state index in [1.54, 1.807) is 0 Å². The van der Waals surface area contributed by atoms with Crippen LogP contribution in [0, 0.1) is 0 Å². The third-order valence-electron chi connectivity index (χ3n) is 2.96. The van der Waals surface area contributed by atoms with Crippen LogP contribution in [-0.4, -0.2) is 77.4 Å². The predicted molar refractivity (Wildman–Crippen MR) is 71.8 cm³/mol. The molecule has 0 aromatic heterocycles. The maximum absolute atomic E-state index is 11.0. The topological polar surface area (TPSA) is 87.0 Å². The molecule has 0 aliphatic rings. The maximum Gasteiger partial charge on any atom is 0.359 e. The summed E-state index contributed by atoms with van der Waals surface area (Å²) in [5.74, 6) is -0.918. The molecule has 19 heavy (non-hydrogen) atoms. The Kier molecular flexibility index (Phi) is 8.92. The zero-order valence-corrected chi connectivity index (χ0v) is 12.2. The van der Waals surface area contributed by atoms with E-state index >= 15 is 0 Å². The van der Waals surface area contributed by atoms with Gasteiger partial charge in [-0.25, -0.2) is 4.79 Å². The lowest BCUT2D eigenvalue weighted by atomic mass is 10.2. The third-order valence-corrected chi connectivity index (χ3v) is 2.96. The summed E-state index contributed by atoms with van der Waals surface area (Å²) >= 11 is 0. The molecular formula is C13H28NO5+. The van der Waals surface area contributed by atoms with Crippen molar-refractivity contribution in [3.63, 3.8) is 0 Å². The van der Waals surface area contributed by atoms with Crippen molar-refractivity contribution in [2.45, 2.75) is 39.4 Å². The number of hydrogen-bond acceptors (Lipinski definition) is 4. The minimum atomic E-state index is -0.918. The number of rotatable bonds is 11. The van der Waals surface area contributed by atoms with Crippen molar-refractivity contribution in [3.05, 3.63) is 0 Å². The highest BCUT2D eigenvalue weighted by atomic mass is 16.5. The molecule has 0 aromatic carbocycles. The van der Waals surface area contributed by atoms with Gasteiger partial charge < -0.3 is 24.5 Å². The Bertz CT molecular complexity index is 251. The molecule has 0 radical (unpaired) electrons. The molecule has 0 bridgehead atoms. The molecule has 0 saturated heterocycles. The number of carboxylic acid groups (broad SMARTS) is 1. The molecular weight excluding hydrogens is 250 g/mol. The lowest BCUT2D eigenvalue weighted by molar-refractivity contribution is -0.924. The molecule has 0 aliphatic carbocycles. The summed E-state index contributed by atoms with van der Waals surface area (Å²) in [7, 11) is 0. The summed E-state index contributed by atoms with van der Waals surface area (Å²) in [6.45, 7) is 6.96. The van der Waals surface area contributed by atoms with Crippen molar-refractivity contribution < 1.29 is 29.3 Å². The number of ether oxygens (including phenoxy) is 1. The Hall–Kier alpha value is -0.690. The van der Waals surface area contributed by atoms with Crippen LogP contribution < -0.4 is 0 Å². The van der Waals surface area contributed by atoms with Gasteiger partial charge >= 0.3 is 5.97 Å². The smallest absolute Gasteiger partial charge is 0.359 e. The van der Waals surface area contributed by atoms with Crippen LogP contribution in [0.3, 0.4) is 0 Å². The first-order valence-corrected chi connectivity index (χ1v) is 6.82. The predicted octanol–water partition coefficient (Wildman–Crippen LogP) is 0.0760. The molecule has 2 atom stereocenters. The van der Waals surface area contributed by atoms with Crippen LogP contribution in [-0.2, 0) is 9.53 Å². The van der Waals surface area contributed by atoms with E-state index < -0.39 is 12.1 Å². The summed E-state index contributed by atoms with van der Waals surface area (Å²) in [6.07, 6.45) is 0.102. The number of aliphatic carboxylic acids is 1. The van der Waals surface area contributed by atoms with E-state index in [0.29, 0.717) is 13.1 Å². The van der Waals surface area contributed by atoms with Crippen molar-refractivity contribution in [1.29, 1.82) is 0 Å². The van der Waals surface area contributed by atoms with E-state index in [1.165, 1.54) is 0 Å². The van der Waals surface area contributed by atoms with E-state index in [9.17, 15) is 9.90 Å². The second-order valence-corrected chi connectivity index (χ2v) is 5.28. The Morgan fingerprint density at radius 3 is 2.37 bits per heavy atom. The van der Waals surface area contributed by atoms with Gasteiger partial charge in [0.15, 0.2) is 6.54 Å². The van der Waals surface area contributed by atoms with Gasteiger partial charge in [-0.15, -0.1) is 0 Å². The van der Waals surface area contributed by atoms with Crippen molar-refractivity contribution in [2.75, 3.05) is 39.4 Å². The van der Waals surface area contributed by atoms with Crippen molar-refractivity contribution >= 4 is 5.97 Å². The van der Waals surface area contributed by atoms with Crippen molar-refractivity contribution in [1.82, 2.24) is 0 Å². The van der Waals surface area contributed by atoms with Gasteiger partial charge in [-0.1, -0.05) is 6.92 Å². The zero-order chi connectivity index (χ0) is 14.9. The van der Waals surface area contributed by atoms with Crippen LogP contribution in [0.1, 0.15) is 27.2 Å². The highest BCUT2D eigenvalue weighted by Crippen LogP contribution is 2.11. The van der Waals surface area contributed by atoms with Crippen LogP contribution in [0.4, 0.5) is 0 Å². The van der Waals surface area contributed by atoms with Gasteiger partial charge in [-0.2, -0.15) is 0 Å². The summed E-state index contributed by atoms with van der Waals surface area (Å²) < 4.78 is 5.53. The average Bonchev–Trinajstić information content (AvgIpc) is 2.26. The summed E-state index contributed by atoms with van der Waals surface area (Å²) in [4.78, 5) is 11.0. The Balaban J connectivity index is 4.64. The van der Waals surface area contributed by atoms with Gasteiger partial charge in [0, 0.05) is 0 Å². The molecule has 6 heteroatoms.